The van der Waals surface area contributed by atoms with E-state index in [-0.39, 0.29) is 17.8 Å². The molecule has 0 bridgehead atoms. The van der Waals surface area contributed by atoms with Gasteiger partial charge in [0.1, 0.15) is 4.90 Å². The summed E-state index contributed by atoms with van der Waals surface area (Å²) in [7, 11) is -9.24. The van der Waals surface area contributed by atoms with Crippen LogP contribution in [0.1, 0.15) is 25.3 Å². The number of hydrogen-bond acceptors (Lipinski definition) is 4. The van der Waals surface area contributed by atoms with Gasteiger partial charge in [0.2, 0.25) is 0 Å². The van der Waals surface area contributed by atoms with E-state index in [1.165, 1.54) is 25.1 Å². The van der Waals surface area contributed by atoms with Crippen LogP contribution in [0.5, 0.6) is 0 Å². The Hall–Kier alpha value is -1.16. The van der Waals surface area contributed by atoms with Gasteiger partial charge in [0.25, 0.3) is 10.1 Å². The molecule has 1 rings (SSSR count). The first-order valence-electron chi connectivity index (χ1n) is 5.91. The molecule has 0 radical (unpaired) electrons. The molecule has 0 aliphatic rings. The molecule has 1 aromatic rings. The molecule has 0 aliphatic heterocycles. The molecule has 0 spiro atoms. The maximum atomic E-state index is 11.4. The molecule has 2 N–H and O–H groups in total. The van der Waals surface area contributed by atoms with Crippen LogP contribution in [0.25, 0.3) is 0 Å². The van der Waals surface area contributed by atoms with Gasteiger partial charge in [0.05, 0.1) is 5.69 Å². The van der Waals surface area contributed by atoms with Crippen molar-refractivity contribution in [2.75, 3.05) is 10.8 Å². The smallest absolute Gasteiger partial charge is 0.282 e. The summed E-state index contributed by atoms with van der Waals surface area (Å²) in [5.41, 5.74) is -0.0707. The van der Waals surface area contributed by atoms with E-state index in [9.17, 15) is 25.9 Å². The van der Waals surface area contributed by atoms with Crippen molar-refractivity contribution in [1.82, 2.24) is 0 Å². The van der Waals surface area contributed by atoms with Crippen molar-refractivity contribution in [2.24, 2.45) is 0 Å². The molecule has 9 heteroatoms. The van der Waals surface area contributed by atoms with Gasteiger partial charge in [-0.1, -0.05) is 25.5 Å². The lowest BCUT2D eigenvalue weighted by Crippen LogP contribution is -2.32. The zero-order valence-electron chi connectivity index (χ0n) is 11.1. The molecular formula is C11H17NO6S2. The normalized spacial score (nSPS) is 12.4. The predicted octanol–water partition coefficient (Wildman–Crippen LogP) is 1.65. The zero-order chi connectivity index (χ0) is 15.6. The minimum Gasteiger partial charge on any atom is -0.282 e. The molecule has 0 saturated heterocycles. The Balaban J connectivity index is 3.53. The van der Waals surface area contributed by atoms with Crippen LogP contribution in [-0.4, -0.2) is 32.5 Å². The number of unbranched alkanes of at least 4 members (excludes halogenated alkanes) is 1. The Labute approximate surface area is 118 Å². The first-order chi connectivity index (χ1) is 9.09. The summed E-state index contributed by atoms with van der Waals surface area (Å²) in [6, 6.07) is 4.09. The maximum absolute atomic E-state index is 11.4. The fraction of sp³-hybridized carbons (Fsp3) is 0.455. The van der Waals surface area contributed by atoms with E-state index < -0.39 is 25.3 Å². The van der Waals surface area contributed by atoms with Crippen molar-refractivity contribution in [2.45, 2.75) is 31.6 Å². The quantitative estimate of drug-likeness (QED) is 0.770. The Morgan fingerprint density at radius 2 is 1.75 bits per heavy atom. The molecule has 0 aromatic heterocycles. The highest BCUT2D eigenvalue weighted by molar-refractivity contribution is 7.88. The molecule has 114 valence electrons. The Morgan fingerprint density at radius 3 is 2.20 bits per heavy atom. The standard InChI is InChI=1S/C11H17NO6S2/c1-3-4-8-12(20(16,17)18)10-7-5-6-9(2)11(10)19(13,14)15/h5-7H,3-4,8H2,1-2H3,(H,13,14,15)(H,16,17,18). The van der Waals surface area contributed by atoms with Crippen LogP contribution in [0, 0.1) is 6.92 Å². The molecule has 0 fully saturated rings. The topological polar surface area (TPSA) is 112 Å². The van der Waals surface area contributed by atoms with Crippen molar-refractivity contribution in [1.29, 1.82) is 0 Å². The van der Waals surface area contributed by atoms with Crippen LogP contribution in [-0.2, 0) is 20.4 Å². The van der Waals surface area contributed by atoms with E-state index in [2.05, 4.69) is 0 Å². The summed E-state index contributed by atoms with van der Waals surface area (Å²) in [5.74, 6) is 0. The fourth-order valence-corrected chi connectivity index (χ4v) is 3.57. The number of anilines is 1. The third-order valence-corrected chi connectivity index (χ3v) is 4.69. The van der Waals surface area contributed by atoms with Crippen molar-refractivity contribution < 1.29 is 25.9 Å². The minimum absolute atomic E-state index is 0.0820. The maximum Gasteiger partial charge on any atom is 0.360 e. The van der Waals surface area contributed by atoms with Crippen LogP contribution >= 0.6 is 0 Å². The summed E-state index contributed by atoms with van der Waals surface area (Å²) >= 11 is 0. The molecule has 0 saturated carbocycles. The lowest BCUT2D eigenvalue weighted by Gasteiger charge is -2.23. The molecule has 0 atom stereocenters. The largest absolute Gasteiger partial charge is 0.360 e. The summed E-state index contributed by atoms with van der Waals surface area (Å²) in [4.78, 5) is -0.520. The average molecular weight is 323 g/mol. The third-order valence-electron chi connectivity index (χ3n) is 2.71. The Kier molecular flexibility index (Phi) is 5.14. The number of benzene rings is 1. The number of rotatable bonds is 6. The highest BCUT2D eigenvalue weighted by Crippen LogP contribution is 2.30. The summed E-state index contributed by atoms with van der Waals surface area (Å²) in [6.45, 7) is 3.16. The van der Waals surface area contributed by atoms with E-state index in [1.54, 1.807) is 0 Å². The van der Waals surface area contributed by atoms with E-state index in [0.717, 1.165) is 0 Å². The molecule has 0 amide bonds. The number of hydrogen-bond donors (Lipinski definition) is 2. The van der Waals surface area contributed by atoms with E-state index in [4.69, 9.17) is 0 Å². The van der Waals surface area contributed by atoms with Gasteiger partial charge in [-0.15, -0.1) is 0 Å². The first-order valence-corrected chi connectivity index (χ1v) is 8.75. The fourth-order valence-electron chi connectivity index (χ4n) is 1.83. The second-order valence-electron chi connectivity index (χ2n) is 4.30. The molecule has 0 unspecified atom stereocenters. The molecule has 7 nitrogen and oxygen atoms in total. The highest BCUT2D eigenvalue weighted by atomic mass is 32.2. The second-order valence-corrected chi connectivity index (χ2v) is 7.00. The summed E-state index contributed by atoms with van der Waals surface area (Å²) < 4.78 is 64.8. The molecule has 1 aromatic carbocycles. The highest BCUT2D eigenvalue weighted by Gasteiger charge is 2.27. The average Bonchev–Trinajstić information content (AvgIpc) is 2.25. The predicted molar refractivity (Wildman–Crippen MR) is 74.8 cm³/mol. The monoisotopic (exact) mass is 323 g/mol. The summed E-state index contributed by atoms with van der Waals surface area (Å²) in [5, 5.41) is 0. The van der Waals surface area contributed by atoms with Crippen molar-refractivity contribution >= 4 is 26.1 Å². The lowest BCUT2D eigenvalue weighted by atomic mass is 10.2. The van der Waals surface area contributed by atoms with Crippen LogP contribution < -0.4 is 4.31 Å². The van der Waals surface area contributed by atoms with Gasteiger partial charge in [-0.05, 0) is 25.0 Å². The van der Waals surface area contributed by atoms with E-state index in [1.807, 2.05) is 6.92 Å². The summed E-state index contributed by atoms with van der Waals surface area (Å²) in [6.07, 6.45) is 1.08. The minimum atomic E-state index is -4.63. The SMILES string of the molecule is CCCCN(c1cccc(C)c1S(=O)(=O)O)S(=O)(=O)O. The second kappa shape index (κ2) is 6.08. The van der Waals surface area contributed by atoms with Gasteiger partial charge < -0.3 is 0 Å². The van der Waals surface area contributed by atoms with E-state index >= 15 is 0 Å². The molecular weight excluding hydrogens is 306 g/mol. The molecule has 20 heavy (non-hydrogen) atoms. The molecule has 0 aliphatic carbocycles. The Bertz CT molecular complexity index is 681. The van der Waals surface area contributed by atoms with Crippen LogP contribution in [0.4, 0.5) is 5.69 Å². The van der Waals surface area contributed by atoms with Gasteiger partial charge in [0.15, 0.2) is 0 Å². The number of nitrogens with zero attached hydrogens (tertiary/aromatic N) is 1. The van der Waals surface area contributed by atoms with Crippen LogP contribution in [0.2, 0.25) is 0 Å². The van der Waals surface area contributed by atoms with E-state index in [0.29, 0.717) is 17.1 Å². The Morgan fingerprint density at radius 1 is 1.15 bits per heavy atom. The van der Waals surface area contributed by atoms with Crippen LogP contribution in [0.3, 0.4) is 0 Å². The number of aryl methyl sites for hydroxylation is 1. The van der Waals surface area contributed by atoms with Gasteiger partial charge in [-0.3, -0.25) is 9.11 Å². The lowest BCUT2D eigenvalue weighted by molar-refractivity contribution is 0.475. The van der Waals surface area contributed by atoms with Crippen LogP contribution in [0.15, 0.2) is 23.1 Å². The van der Waals surface area contributed by atoms with Gasteiger partial charge in [0, 0.05) is 6.54 Å². The van der Waals surface area contributed by atoms with Crippen molar-refractivity contribution in [3.05, 3.63) is 23.8 Å². The van der Waals surface area contributed by atoms with Gasteiger partial charge >= 0.3 is 10.3 Å². The van der Waals surface area contributed by atoms with Gasteiger partial charge in [-0.2, -0.15) is 16.8 Å². The first kappa shape index (κ1) is 16.9. The zero-order valence-corrected chi connectivity index (χ0v) is 12.8. The van der Waals surface area contributed by atoms with Crippen molar-refractivity contribution in [3.8, 4) is 0 Å². The molecule has 0 heterocycles. The van der Waals surface area contributed by atoms with Gasteiger partial charge in [-0.25, -0.2) is 4.31 Å². The van der Waals surface area contributed by atoms with Crippen molar-refractivity contribution in [3.63, 3.8) is 0 Å². The third kappa shape index (κ3) is 3.92.